The molecule has 0 unspecified atom stereocenters. The Kier molecular flexibility index (Phi) is 12.8. The van der Waals surface area contributed by atoms with Crippen LogP contribution in [0.4, 0.5) is 13.2 Å². The lowest BCUT2D eigenvalue weighted by Crippen LogP contribution is -2.56. The zero-order valence-corrected chi connectivity index (χ0v) is 28.8. The van der Waals surface area contributed by atoms with E-state index >= 15 is 0 Å². The summed E-state index contributed by atoms with van der Waals surface area (Å²) in [5.41, 5.74) is 2.79. The second-order valence-electron chi connectivity index (χ2n) is 12.6. The van der Waals surface area contributed by atoms with Crippen LogP contribution in [0.3, 0.4) is 0 Å². The van der Waals surface area contributed by atoms with Crippen LogP contribution in [0.1, 0.15) is 58.9 Å². The van der Waals surface area contributed by atoms with Gasteiger partial charge < -0.3 is 9.80 Å². The van der Waals surface area contributed by atoms with Crippen molar-refractivity contribution in [2.75, 3.05) is 26.2 Å². The van der Waals surface area contributed by atoms with Crippen molar-refractivity contribution in [1.82, 2.24) is 14.7 Å². The van der Waals surface area contributed by atoms with Crippen LogP contribution >= 0.6 is 11.3 Å². The van der Waals surface area contributed by atoms with E-state index in [4.69, 9.17) is 0 Å². The summed E-state index contributed by atoms with van der Waals surface area (Å²) >= 11 is 1.73. The Morgan fingerprint density at radius 1 is 0.837 bits per heavy atom. The van der Waals surface area contributed by atoms with Gasteiger partial charge >= 0.3 is 6.18 Å². The number of nitrogens with zero attached hydrogens (tertiary/aromatic N) is 3. The van der Waals surface area contributed by atoms with E-state index in [2.05, 4.69) is 35.4 Å². The number of halogens is 3. The second-order valence-corrected chi connectivity index (χ2v) is 13.6. The summed E-state index contributed by atoms with van der Waals surface area (Å²) in [4.78, 5) is 35.7. The van der Waals surface area contributed by atoms with Gasteiger partial charge in [0, 0.05) is 56.6 Å². The van der Waals surface area contributed by atoms with Crippen molar-refractivity contribution in [2.45, 2.75) is 64.3 Å². The first-order valence-electron chi connectivity index (χ1n) is 17.0. The molecule has 5 nitrogen and oxygen atoms in total. The fourth-order valence-corrected chi connectivity index (χ4v) is 6.85. The van der Waals surface area contributed by atoms with Crippen LogP contribution in [-0.4, -0.2) is 58.7 Å². The van der Waals surface area contributed by atoms with Gasteiger partial charge in [0.1, 0.15) is 6.04 Å². The van der Waals surface area contributed by atoms with Gasteiger partial charge in [-0.3, -0.25) is 14.5 Å². The number of hydrogen-bond donors (Lipinski definition) is 0. The van der Waals surface area contributed by atoms with Crippen molar-refractivity contribution in [2.24, 2.45) is 0 Å². The highest BCUT2D eigenvalue weighted by Crippen LogP contribution is 2.29. The summed E-state index contributed by atoms with van der Waals surface area (Å²) in [6, 6.07) is 26.0. The molecule has 3 aromatic carbocycles. The standard InChI is InChI=1S/C40H44F3N3O2S/c1-2-3-5-9-31-13-15-34(16-14-31)29-46(38(47)22-19-32-17-20-35(21-18-32)40(41,42)43)37(28-33-10-6-4-7-11-33)39(48)45-25-23-44(24-26-45)30-36-12-8-27-49-36/h4,6-8,10-22,27,37H,2-3,5,9,23-26,28-30H2,1H3/b22-19+/t37-/m0/s1. The van der Waals surface area contributed by atoms with Gasteiger partial charge in [-0.25, -0.2) is 0 Å². The van der Waals surface area contributed by atoms with Gasteiger partial charge in [-0.05, 0) is 64.8 Å². The average molecular weight is 688 g/mol. The molecule has 0 radical (unpaired) electrons. The summed E-state index contributed by atoms with van der Waals surface area (Å²) in [6.07, 6.45) is 3.19. The minimum absolute atomic E-state index is 0.105. The third-order valence-corrected chi connectivity index (χ3v) is 9.82. The van der Waals surface area contributed by atoms with Gasteiger partial charge in [-0.1, -0.05) is 92.6 Å². The van der Waals surface area contributed by atoms with Crippen LogP contribution < -0.4 is 0 Å². The molecule has 1 fully saturated rings. The second kappa shape index (κ2) is 17.4. The topological polar surface area (TPSA) is 43.9 Å². The third kappa shape index (κ3) is 10.6. The zero-order valence-electron chi connectivity index (χ0n) is 27.9. The van der Waals surface area contributed by atoms with Crippen molar-refractivity contribution in [1.29, 1.82) is 0 Å². The highest BCUT2D eigenvalue weighted by atomic mass is 32.1. The minimum Gasteiger partial charge on any atom is -0.338 e. The van der Waals surface area contributed by atoms with Gasteiger partial charge in [-0.2, -0.15) is 13.2 Å². The van der Waals surface area contributed by atoms with Gasteiger partial charge in [0.05, 0.1) is 5.56 Å². The summed E-state index contributed by atoms with van der Waals surface area (Å²) < 4.78 is 39.4. The van der Waals surface area contributed by atoms with Crippen LogP contribution in [0.5, 0.6) is 0 Å². The number of carbonyl (C=O) groups excluding carboxylic acids is 2. The van der Waals surface area contributed by atoms with E-state index < -0.39 is 17.8 Å². The molecule has 1 aromatic heterocycles. The predicted molar refractivity (Wildman–Crippen MR) is 191 cm³/mol. The number of amides is 2. The number of carbonyl (C=O) groups is 2. The molecule has 1 aliphatic heterocycles. The maximum atomic E-state index is 14.5. The van der Waals surface area contributed by atoms with E-state index in [1.807, 2.05) is 53.4 Å². The average Bonchev–Trinajstić information content (AvgIpc) is 3.63. The smallest absolute Gasteiger partial charge is 0.338 e. The minimum atomic E-state index is -4.44. The molecule has 2 heterocycles. The van der Waals surface area contributed by atoms with E-state index in [-0.39, 0.29) is 18.4 Å². The predicted octanol–water partition coefficient (Wildman–Crippen LogP) is 8.50. The number of piperazine rings is 1. The molecule has 2 amide bonds. The Hall–Kier alpha value is -4.21. The van der Waals surface area contributed by atoms with Crippen LogP contribution in [0.25, 0.3) is 6.08 Å². The molecule has 49 heavy (non-hydrogen) atoms. The molecule has 258 valence electrons. The third-order valence-electron chi connectivity index (χ3n) is 8.96. The monoisotopic (exact) mass is 687 g/mol. The normalized spacial score (nSPS) is 14.7. The fraction of sp³-hybridized carbons (Fsp3) is 0.350. The number of thiophene rings is 1. The molecule has 9 heteroatoms. The Bertz CT molecular complexity index is 1630. The van der Waals surface area contributed by atoms with Crippen LogP contribution in [0, 0.1) is 0 Å². The van der Waals surface area contributed by atoms with E-state index in [1.165, 1.54) is 41.1 Å². The van der Waals surface area contributed by atoms with Gasteiger partial charge in [0.25, 0.3) is 0 Å². The SMILES string of the molecule is CCCCCc1ccc(CN(C(=O)/C=C/c2ccc(C(F)(F)F)cc2)[C@@H](Cc2ccccc2)C(=O)N2CCN(Cc3cccs3)CC2)cc1. The van der Waals surface area contributed by atoms with E-state index in [9.17, 15) is 22.8 Å². The Morgan fingerprint density at radius 2 is 1.53 bits per heavy atom. The van der Waals surface area contributed by atoms with Crippen molar-refractivity contribution in [3.63, 3.8) is 0 Å². The molecule has 4 aromatic rings. The largest absolute Gasteiger partial charge is 0.416 e. The van der Waals surface area contributed by atoms with Crippen molar-refractivity contribution >= 4 is 29.2 Å². The maximum absolute atomic E-state index is 14.5. The number of aryl methyl sites for hydroxylation is 1. The first-order valence-corrected chi connectivity index (χ1v) is 17.9. The van der Waals surface area contributed by atoms with Gasteiger partial charge in [0.2, 0.25) is 11.8 Å². The zero-order chi connectivity index (χ0) is 34.6. The Labute approximate surface area is 291 Å². The van der Waals surface area contributed by atoms with Crippen molar-refractivity contribution in [3.05, 3.63) is 135 Å². The molecule has 5 rings (SSSR count). The van der Waals surface area contributed by atoms with E-state index in [1.54, 1.807) is 16.2 Å². The number of unbranched alkanes of at least 4 members (excludes halogenated alkanes) is 2. The molecule has 1 aliphatic rings. The number of rotatable bonds is 14. The summed E-state index contributed by atoms with van der Waals surface area (Å²) in [5.74, 6) is -0.482. The van der Waals surface area contributed by atoms with Crippen LogP contribution in [0.15, 0.2) is 102 Å². The summed E-state index contributed by atoms with van der Waals surface area (Å²) in [6.45, 7) is 5.84. The lowest BCUT2D eigenvalue weighted by Gasteiger charge is -2.39. The summed E-state index contributed by atoms with van der Waals surface area (Å²) in [5, 5.41) is 2.07. The molecule has 1 atom stereocenters. The Balaban J connectivity index is 1.40. The molecule has 0 N–H and O–H groups in total. The molecular formula is C40H44F3N3O2S. The first kappa shape index (κ1) is 36.1. The van der Waals surface area contributed by atoms with E-state index in [0.29, 0.717) is 25.1 Å². The maximum Gasteiger partial charge on any atom is 0.416 e. The highest BCUT2D eigenvalue weighted by molar-refractivity contribution is 7.09. The molecular weight excluding hydrogens is 644 g/mol. The number of benzene rings is 3. The highest BCUT2D eigenvalue weighted by Gasteiger charge is 2.34. The van der Waals surface area contributed by atoms with Crippen molar-refractivity contribution in [3.8, 4) is 0 Å². The van der Waals surface area contributed by atoms with Gasteiger partial charge in [-0.15, -0.1) is 11.3 Å². The molecule has 0 spiro atoms. The Morgan fingerprint density at radius 3 is 2.16 bits per heavy atom. The lowest BCUT2D eigenvalue weighted by molar-refractivity contribution is -0.145. The van der Waals surface area contributed by atoms with Crippen molar-refractivity contribution < 1.29 is 22.8 Å². The first-order chi connectivity index (χ1) is 23.7. The summed E-state index contributed by atoms with van der Waals surface area (Å²) in [7, 11) is 0. The molecule has 1 saturated heterocycles. The quantitative estimate of drug-likeness (QED) is 0.0987. The van der Waals surface area contributed by atoms with Gasteiger partial charge in [0.15, 0.2) is 0 Å². The number of alkyl halides is 3. The fourth-order valence-electron chi connectivity index (χ4n) is 6.10. The van der Waals surface area contributed by atoms with Crippen LogP contribution in [-0.2, 0) is 41.7 Å². The number of hydrogen-bond acceptors (Lipinski definition) is 4. The molecule has 0 aliphatic carbocycles. The van der Waals surface area contributed by atoms with E-state index in [0.717, 1.165) is 62.2 Å². The van der Waals surface area contributed by atoms with Crippen LogP contribution in [0.2, 0.25) is 0 Å². The molecule has 0 saturated carbocycles. The lowest BCUT2D eigenvalue weighted by atomic mass is 10.0. The molecule has 0 bridgehead atoms.